The summed E-state index contributed by atoms with van der Waals surface area (Å²) in [6.07, 6.45) is -0.743. The van der Waals surface area contributed by atoms with Crippen molar-refractivity contribution < 1.29 is 28.7 Å². The van der Waals surface area contributed by atoms with Crippen LogP contribution in [0.2, 0.25) is 0 Å². The lowest BCUT2D eigenvalue weighted by molar-refractivity contribution is -0.165. The summed E-state index contributed by atoms with van der Waals surface area (Å²) in [5.41, 5.74) is 1.40. The SMILES string of the molecule is CC1(C)S[C@@H]2[C@H](NC(=O)C(NC(=O)OCI)c3ccccc3)C(=O)N2[C@H]1C(=O)OCc1ccccc1. The maximum atomic E-state index is 13.2. The number of rotatable bonds is 8. The monoisotopic (exact) mass is 623 g/mol. The van der Waals surface area contributed by atoms with Gasteiger partial charge >= 0.3 is 12.1 Å². The van der Waals surface area contributed by atoms with Gasteiger partial charge in [-0.05, 0) is 47.6 Å². The quantitative estimate of drug-likeness (QED) is 0.201. The van der Waals surface area contributed by atoms with Gasteiger partial charge in [-0.3, -0.25) is 9.59 Å². The number of esters is 1. The number of carbonyl (C=O) groups excluding carboxylic acids is 4. The van der Waals surface area contributed by atoms with Crippen LogP contribution in [0.15, 0.2) is 60.7 Å². The number of fused-ring (bicyclic) bond motifs is 1. The van der Waals surface area contributed by atoms with Crippen LogP contribution in [0.4, 0.5) is 4.79 Å². The van der Waals surface area contributed by atoms with Crippen molar-refractivity contribution in [3.8, 4) is 0 Å². The number of hydrogen-bond donors (Lipinski definition) is 2. The van der Waals surface area contributed by atoms with Gasteiger partial charge in [-0.2, -0.15) is 0 Å². The second kappa shape index (κ2) is 11.1. The molecule has 4 rings (SSSR count). The van der Waals surface area contributed by atoms with Crippen molar-refractivity contribution in [2.45, 2.75) is 48.7 Å². The van der Waals surface area contributed by atoms with E-state index in [1.165, 1.54) is 16.7 Å². The number of β-lactam (4-membered cyclic amide) rings is 1. The van der Waals surface area contributed by atoms with Gasteiger partial charge in [0.15, 0.2) is 0 Å². The highest BCUT2D eigenvalue weighted by molar-refractivity contribution is 14.1. The van der Waals surface area contributed by atoms with Gasteiger partial charge in [-0.15, -0.1) is 11.8 Å². The van der Waals surface area contributed by atoms with Crippen LogP contribution in [-0.2, 0) is 30.5 Å². The van der Waals surface area contributed by atoms with Crippen LogP contribution in [0.25, 0.3) is 0 Å². The zero-order valence-corrected chi connectivity index (χ0v) is 22.7. The number of alkyl halides is 1. The summed E-state index contributed by atoms with van der Waals surface area (Å²) in [4.78, 5) is 52.9. The van der Waals surface area contributed by atoms with Crippen molar-refractivity contribution in [3.63, 3.8) is 0 Å². The molecule has 0 radical (unpaired) electrons. The number of benzene rings is 2. The van der Waals surface area contributed by atoms with E-state index in [1.54, 1.807) is 30.3 Å². The number of alkyl carbamates (subject to hydrolysis) is 1. The summed E-state index contributed by atoms with van der Waals surface area (Å²) in [6, 6.07) is 15.4. The second-order valence-corrected chi connectivity index (χ2v) is 11.3. The van der Waals surface area contributed by atoms with Crippen LogP contribution in [0.5, 0.6) is 0 Å². The maximum absolute atomic E-state index is 13.2. The molecule has 2 aromatic rings. The Kier molecular flexibility index (Phi) is 8.08. The number of amides is 3. The zero-order chi connectivity index (χ0) is 25.9. The van der Waals surface area contributed by atoms with E-state index in [9.17, 15) is 19.2 Å². The predicted molar refractivity (Wildman–Crippen MR) is 142 cm³/mol. The Bertz CT molecular complexity index is 1130. The fourth-order valence-electron chi connectivity index (χ4n) is 4.33. The Morgan fingerprint density at radius 2 is 1.69 bits per heavy atom. The van der Waals surface area contributed by atoms with E-state index in [-0.39, 0.29) is 17.1 Å². The van der Waals surface area contributed by atoms with Crippen LogP contribution >= 0.6 is 34.4 Å². The molecule has 0 bridgehead atoms. The lowest BCUT2D eigenvalue weighted by atomic mass is 9.95. The summed E-state index contributed by atoms with van der Waals surface area (Å²) in [5, 5.41) is 4.89. The van der Waals surface area contributed by atoms with Crippen molar-refractivity contribution in [1.29, 1.82) is 0 Å². The van der Waals surface area contributed by atoms with Crippen LogP contribution in [-0.4, -0.2) is 55.6 Å². The average Bonchev–Trinajstić information content (AvgIpc) is 3.13. The summed E-state index contributed by atoms with van der Waals surface area (Å²) in [5.74, 6) is -1.39. The Balaban J connectivity index is 1.44. The Hall–Kier alpha value is -2.80. The highest BCUT2D eigenvalue weighted by Gasteiger charge is 2.64. The Morgan fingerprint density at radius 1 is 1.06 bits per heavy atom. The molecule has 190 valence electrons. The minimum absolute atomic E-state index is 0.113. The number of hydrogen-bond acceptors (Lipinski definition) is 7. The molecule has 36 heavy (non-hydrogen) atoms. The largest absolute Gasteiger partial charge is 0.459 e. The number of nitrogens with one attached hydrogen (secondary N) is 2. The van der Waals surface area contributed by atoms with Gasteiger partial charge in [-0.25, -0.2) is 9.59 Å². The van der Waals surface area contributed by atoms with E-state index in [0.717, 1.165) is 5.56 Å². The number of halogens is 1. The summed E-state index contributed by atoms with van der Waals surface area (Å²) in [6.45, 7) is 3.87. The molecule has 1 unspecified atom stereocenters. The predicted octanol–water partition coefficient (Wildman–Crippen LogP) is 3.14. The fraction of sp³-hybridized carbons (Fsp3) is 0.360. The van der Waals surface area contributed by atoms with E-state index in [4.69, 9.17) is 9.47 Å². The lowest BCUT2D eigenvalue weighted by Crippen LogP contribution is -2.71. The van der Waals surface area contributed by atoms with Crippen molar-refractivity contribution in [2.24, 2.45) is 0 Å². The van der Waals surface area contributed by atoms with Gasteiger partial charge in [0.2, 0.25) is 11.8 Å². The van der Waals surface area contributed by atoms with Crippen molar-refractivity contribution in [1.82, 2.24) is 15.5 Å². The molecular weight excluding hydrogens is 597 g/mol. The first-order chi connectivity index (χ1) is 17.2. The minimum atomic E-state index is -1.05. The molecule has 0 spiro atoms. The topological polar surface area (TPSA) is 114 Å². The molecule has 4 atom stereocenters. The normalized spacial score (nSPS) is 22.6. The van der Waals surface area contributed by atoms with Gasteiger partial charge < -0.3 is 25.0 Å². The first-order valence-corrected chi connectivity index (χ1v) is 13.7. The highest BCUT2D eigenvalue weighted by Crippen LogP contribution is 2.51. The zero-order valence-electron chi connectivity index (χ0n) is 19.7. The molecule has 2 aromatic carbocycles. The summed E-state index contributed by atoms with van der Waals surface area (Å²) in [7, 11) is 0. The summed E-state index contributed by atoms with van der Waals surface area (Å²) >= 11 is 3.32. The Morgan fingerprint density at radius 3 is 2.33 bits per heavy atom. The molecule has 0 aliphatic carbocycles. The van der Waals surface area contributed by atoms with Gasteiger partial charge in [-0.1, -0.05) is 60.7 Å². The van der Waals surface area contributed by atoms with Crippen LogP contribution in [0, 0.1) is 0 Å². The number of ether oxygens (including phenoxy) is 2. The van der Waals surface area contributed by atoms with E-state index in [0.29, 0.717) is 5.56 Å². The standard InChI is InChI=1S/C25H26IN3O6S/c1-25(2)19(23(32)34-13-15-9-5-3-6-10-15)29-21(31)18(22(29)36-25)27-20(30)17(28-24(33)35-14-26)16-11-7-4-8-12-16/h3-12,17-19,22H,13-14H2,1-2H3,(H,27,30)(H,28,33)/t17?,18-,19+,22-/m1/s1. The first kappa shape index (κ1) is 26.3. The van der Waals surface area contributed by atoms with Crippen LogP contribution in [0.1, 0.15) is 31.0 Å². The molecule has 2 heterocycles. The average molecular weight is 623 g/mol. The third-order valence-corrected chi connectivity index (χ3v) is 7.91. The Labute approximate surface area is 226 Å². The molecule has 0 aromatic heterocycles. The molecule has 11 heteroatoms. The molecule has 2 aliphatic rings. The molecule has 2 aliphatic heterocycles. The van der Waals surface area contributed by atoms with E-state index >= 15 is 0 Å². The number of thioether (sulfide) groups is 1. The van der Waals surface area contributed by atoms with E-state index in [1.807, 2.05) is 66.8 Å². The van der Waals surface area contributed by atoms with Crippen molar-refractivity contribution in [2.75, 3.05) is 4.61 Å². The van der Waals surface area contributed by atoms with Crippen LogP contribution in [0.3, 0.4) is 0 Å². The van der Waals surface area contributed by atoms with Crippen molar-refractivity contribution in [3.05, 3.63) is 71.8 Å². The van der Waals surface area contributed by atoms with Gasteiger partial charge in [0.1, 0.15) is 34.7 Å². The number of carbonyl (C=O) groups is 4. The van der Waals surface area contributed by atoms with E-state index in [2.05, 4.69) is 10.6 Å². The third-order valence-electron chi connectivity index (χ3n) is 6.03. The van der Waals surface area contributed by atoms with Gasteiger partial charge in [0.25, 0.3) is 0 Å². The molecule has 2 N–H and O–H groups in total. The van der Waals surface area contributed by atoms with Gasteiger partial charge in [0.05, 0.1) is 0 Å². The smallest absolute Gasteiger partial charge is 0.408 e. The lowest BCUT2D eigenvalue weighted by Gasteiger charge is -2.44. The maximum Gasteiger partial charge on any atom is 0.408 e. The first-order valence-electron chi connectivity index (χ1n) is 11.3. The molecular formula is C25H26IN3O6S. The molecule has 9 nitrogen and oxygen atoms in total. The highest BCUT2D eigenvalue weighted by atomic mass is 127. The van der Waals surface area contributed by atoms with Gasteiger partial charge in [0, 0.05) is 4.75 Å². The molecule has 0 saturated carbocycles. The second-order valence-electron chi connectivity index (χ2n) is 8.87. The molecule has 3 amide bonds. The van der Waals surface area contributed by atoms with Crippen LogP contribution < -0.4 is 10.6 Å². The number of nitrogens with zero attached hydrogens (tertiary/aromatic N) is 1. The molecule has 2 fully saturated rings. The molecule has 2 saturated heterocycles. The minimum Gasteiger partial charge on any atom is -0.459 e. The third kappa shape index (κ3) is 5.46. The fourth-order valence-corrected chi connectivity index (χ4v) is 6.23. The summed E-state index contributed by atoms with van der Waals surface area (Å²) < 4.78 is 9.97. The van der Waals surface area contributed by atoms with Crippen molar-refractivity contribution >= 4 is 58.2 Å². The van der Waals surface area contributed by atoms with E-state index < -0.39 is 46.2 Å².